The number of ether oxygens (including phenoxy) is 2. The summed E-state index contributed by atoms with van der Waals surface area (Å²) in [6.45, 7) is 7.69. The Kier molecular flexibility index (Phi) is 15.9. The lowest BCUT2D eigenvalue weighted by molar-refractivity contribution is 0.0142. The summed E-state index contributed by atoms with van der Waals surface area (Å²) >= 11 is 0. The third kappa shape index (κ3) is 12.3. The van der Waals surface area contributed by atoms with E-state index in [1.54, 1.807) is 0 Å². The molecule has 0 heterocycles. The number of aryl methyl sites for hydroxylation is 2. The standard InChI is InChI=1S/C41H61FO2/c1-3-5-7-9-13-33-14-21-36(22-15-33)38-25-24-37(41(42)32-38)23-16-35-19-28-40(29-20-35)44-31-11-10-30-43-39-26-17-34(18-27-39)12-8-6-4-2/h3,19-20,24-25,28-29,32-34,36,39H,1,4-18,21-23,26-27,30-31H2,2H3. The maximum Gasteiger partial charge on any atom is 0.126 e. The van der Waals surface area contributed by atoms with Crippen LogP contribution in [0.1, 0.15) is 145 Å². The molecule has 0 radical (unpaired) electrons. The van der Waals surface area contributed by atoms with E-state index in [-0.39, 0.29) is 5.82 Å². The third-order valence-corrected chi connectivity index (χ3v) is 10.4. The van der Waals surface area contributed by atoms with Gasteiger partial charge in [-0.05, 0) is 143 Å². The number of rotatable bonds is 20. The molecule has 0 bridgehead atoms. The summed E-state index contributed by atoms with van der Waals surface area (Å²) in [5.41, 5.74) is 3.25. The van der Waals surface area contributed by atoms with E-state index < -0.39 is 0 Å². The van der Waals surface area contributed by atoms with Gasteiger partial charge in [0.05, 0.1) is 12.7 Å². The highest BCUT2D eigenvalue weighted by atomic mass is 19.1. The molecule has 0 saturated heterocycles. The molecule has 4 rings (SSSR count). The SMILES string of the molecule is C=CCCCCC1CCC(c2ccc(CCc3ccc(OCCCCOC4CCC(CCCCC)CC4)cc3)c(F)c2)CC1. The van der Waals surface area contributed by atoms with E-state index in [2.05, 4.69) is 43.8 Å². The van der Waals surface area contributed by atoms with Crippen molar-refractivity contribution in [2.75, 3.05) is 13.2 Å². The molecular formula is C41H61FO2. The van der Waals surface area contributed by atoms with Crippen molar-refractivity contribution in [2.45, 2.75) is 147 Å². The highest BCUT2D eigenvalue weighted by Gasteiger charge is 2.23. The lowest BCUT2D eigenvalue weighted by Gasteiger charge is -2.29. The van der Waals surface area contributed by atoms with Crippen molar-refractivity contribution in [1.29, 1.82) is 0 Å². The molecule has 0 aliphatic heterocycles. The fraction of sp³-hybridized carbons (Fsp3) is 0.659. The van der Waals surface area contributed by atoms with Crippen LogP contribution >= 0.6 is 0 Å². The first-order chi connectivity index (χ1) is 21.6. The molecule has 2 saturated carbocycles. The van der Waals surface area contributed by atoms with Gasteiger partial charge in [-0.25, -0.2) is 4.39 Å². The lowest BCUT2D eigenvalue weighted by Crippen LogP contribution is -2.22. The van der Waals surface area contributed by atoms with Crippen LogP contribution in [0.15, 0.2) is 55.1 Å². The Morgan fingerprint density at radius 1 is 0.750 bits per heavy atom. The number of hydrogen-bond donors (Lipinski definition) is 0. The van der Waals surface area contributed by atoms with Crippen LogP contribution in [0.4, 0.5) is 4.39 Å². The molecule has 0 spiro atoms. The molecule has 2 aromatic carbocycles. The molecule has 0 unspecified atom stereocenters. The van der Waals surface area contributed by atoms with E-state index in [0.717, 1.165) is 68.5 Å². The minimum Gasteiger partial charge on any atom is -0.494 e. The molecule has 2 aromatic rings. The van der Waals surface area contributed by atoms with Gasteiger partial charge in [-0.1, -0.05) is 75.8 Å². The highest BCUT2D eigenvalue weighted by molar-refractivity contribution is 5.30. The summed E-state index contributed by atoms with van der Waals surface area (Å²) in [4.78, 5) is 0. The van der Waals surface area contributed by atoms with Crippen LogP contribution < -0.4 is 4.74 Å². The summed E-state index contributed by atoms with van der Waals surface area (Å²) in [6, 6.07) is 14.4. The van der Waals surface area contributed by atoms with Gasteiger partial charge in [-0.3, -0.25) is 0 Å². The Bertz CT molecular complexity index is 1050. The maximum absolute atomic E-state index is 15.1. The molecule has 2 aliphatic carbocycles. The first-order valence-corrected chi connectivity index (χ1v) is 18.4. The van der Waals surface area contributed by atoms with Crippen molar-refractivity contribution in [3.05, 3.63) is 77.6 Å². The average molecular weight is 605 g/mol. The summed E-state index contributed by atoms with van der Waals surface area (Å²) in [6.07, 6.45) is 26.9. The van der Waals surface area contributed by atoms with Gasteiger partial charge in [0.2, 0.25) is 0 Å². The molecule has 0 N–H and O–H groups in total. The molecule has 244 valence electrons. The molecule has 0 aromatic heterocycles. The lowest BCUT2D eigenvalue weighted by atomic mass is 9.77. The fourth-order valence-electron chi connectivity index (χ4n) is 7.47. The number of allylic oxidation sites excluding steroid dienone is 1. The summed E-state index contributed by atoms with van der Waals surface area (Å²) in [5.74, 6) is 3.20. The molecular weight excluding hydrogens is 543 g/mol. The monoisotopic (exact) mass is 604 g/mol. The van der Waals surface area contributed by atoms with Gasteiger partial charge < -0.3 is 9.47 Å². The minimum atomic E-state index is -0.0342. The van der Waals surface area contributed by atoms with E-state index >= 15 is 4.39 Å². The zero-order chi connectivity index (χ0) is 30.8. The Hall–Kier alpha value is -2.13. The number of unbranched alkanes of at least 4 members (excludes halogenated alkanes) is 5. The van der Waals surface area contributed by atoms with Crippen molar-refractivity contribution in [3.8, 4) is 5.75 Å². The average Bonchev–Trinajstić information content (AvgIpc) is 3.06. The minimum absolute atomic E-state index is 0.0342. The van der Waals surface area contributed by atoms with E-state index in [1.807, 2.05) is 18.2 Å². The van der Waals surface area contributed by atoms with E-state index in [9.17, 15) is 0 Å². The number of benzene rings is 2. The Labute approximate surface area is 269 Å². The van der Waals surface area contributed by atoms with Crippen molar-refractivity contribution in [3.63, 3.8) is 0 Å². The second-order valence-electron chi connectivity index (χ2n) is 13.9. The van der Waals surface area contributed by atoms with Crippen LogP contribution in [0.2, 0.25) is 0 Å². The van der Waals surface area contributed by atoms with E-state index in [1.165, 1.54) is 107 Å². The zero-order valence-electron chi connectivity index (χ0n) is 27.9. The Morgan fingerprint density at radius 2 is 1.43 bits per heavy atom. The second-order valence-corrected chi connectivity index (χ2v) is 13.9. The molecule has 2 fully saturated rings. The van der Waals surface area contributed by atoms with Crippen LogP contribution in [0.5, 0.6) is 5.75 Å². The summed E-state index contributed by atoms with van der Waals surface area (Å²) in [5, 5.41) is 0. The fourth-order valence-corrected chi connectivity index (χ4v) is 7.47. The Morgan fingerprint density at radius 3 is 2.11 bits per heavy atom. The van der Waals surface area contributed by atoms with E-state index in [4.69, 9.17) is 9.47 Å². The largest absolute Gasteiger partial charge is 0.494 e. The third-order valence-electron chi connectivity index (χ3n) is 10.4. The Balaban J connectivity index is 1.06. The maximum atomic E-state index is 15.1. The van der Waals surface area contributed by atoms with Crippen molar-refractivity contribution in [1.82, 2.24) is 0 Å². The molecule has 3 heteroatoms. The normalized spacial score (nSPS) is 22.1. The summed E-state index contributed by atoms with van der Waals surface area (Å²) < 4.78 is 27.2. The van der Waals surface area contributed by atoms with Gasteiger partial charge in [0.15, 0.2) is 0 Å². The topological polar surface area (TPSA) is 18.5 Å². The van der Waals surface area contributed by atoms with Crippen molar-refractivity contribution in [2.24, 2.45) is 11.8 Å². The van der Waals surface area contributed by atoms with Gasteiger partial charge in [0, 0.05) is 6.61 Å². The van der Waals surface area contributed by atoms with Gasteiger partial charge >= 0.3 is 0 Å². The van der Waals surface area contributed by atoms with Crippen LogP contribution in [0, 0.1) is 17.7 Å². The molecule has 2 nitrogen and oxygen atoms in total. The molecule has 0 amide bonds. The van der Waals surface area contributed by atoms with E-state index in [0.29, 0.717) is 12.0 Å². The quantitative estimate of drug-likeness (QED) is 0.111. The smallest absolute Gasteiger partial charge is 0.126 e. The van der Waals surface area contributed by atoms with Crippen LogP contribution in [-0.2, 0) is 17.6 Å². The molecule has 44 heavy (non-hydrogen) atoms. The zero-order valence-corrected chi connectivity index (χ0v) is 27.9. The second kappa shape index (κ2) is 20.1. The van der Waals surface area contributed by atoms with Gasteiger partial charge in [-0.2, -0.15) is 0 Å². The molecule has 2 aliphatic rings. The first-order valence-electron chi connectivity index (χ1n) is 18.4. The predicted molar refractivity (Wildman–Crippen MR) is 184 cm³/mol. The predicted octanol–water partition coefficient (Wildman–Crippen LogP) is 11.9. The van der Waals surface area contributed by atoms with Crippen LogP contribution in [0.25, 0.3) is 0 Å². The van der Waals surface area contributed by atoms with Gasteiger partial charge in [0.1, 0.15) is 11.6 Å². The highest BCUT2D eigenvalue weighted by Crippen LogP contribution is 2.38. The van der Waals surface area contributed by atoms with Crippen LogP contribution in [-0.4, -0.2) is 19.3 Å². The van der Waals surface area contributed by atoms with Gasteiger partial charge in [0.25, 0.3) is 0 Å². The number of halogens is 1. The van der Waals surface area contributed by atoms with Crippen molar-refractivity contribution < 1.29 is 13.9 Å². The van der Waals surface area contributed by atoms with Crippen LogP contribution in [0.3, 0.4) is 0 Å². The summed E-state index contributed by atoms with van der Waals surface area (Å²) in [7, 11) is 0. The first kappa shape index (κ1) is 34.7. The number of hydrogen-bond acceptors (Lipinski definition) is 2. The molecule has 0 atom stereocenters. The van der Waals surface area contributed by atoms with Crippen molar-refractivity contribution >= 4 is 0 Å². The van der Waals surface area contributed by atoms with Gasteiger partial charge in [-0.15, -0.1) is 6.58 Å².